The molecule has 2 aromatic rings. The van der Waals surface area contributed by atoms with Gasteiger partial charge in [-0.1, -0.05) is 36.8 Å². The lowest BCUT2D eigenvalue weighted by molar-refractivity contribution is 0.0358. The molecule has 1 N–H and O–H groups in total. The summed E-state index contributed by atoms with van der Waals surface area (Å²) in [4.78, 5) is 25.8. The number of hydrogen-bond acceptors (Lipinski definition) is 2. The largest absolute Gasteiger partial charge is 0.273 e. The van der Waals surface area contributed by atoms with Crippen LogP contribution in [0.1, 0.15) is 65.1 Å². The monoisotopic (exact) mass is 352 g/mol. The lowest BCUT2D eigenvalue weighted by Gasteiger charge is -2.36. The molecule has 0 fully saturated rings. The van der Waals surface area contributed by atoms with E-state index in [1.807, 2.05) is 65.0 Å². The zero-order chi connectivity index (χ0) is 19.5. The van der Waals surface area contributed by atoms with Gasteiger partial charge in [0.2, 0.25) is 0 Å². The summed E-state index contributed by atoms with van der Waals surface area (Å²) in [5, 5.41) is 1.42. The Balaban J connectivity index is 2.31. The molecule has 2 rings (SSSR count). The highest BCUT2D eigenvalue weighted by Gasteiger charge is 2.30. The fourth-order valence-electron chi connectivity index (χ4n) is 2.67. The summed E-state index contributed by atoms with van der Waals surface area (Å²) in [6.07, 6.45) is 0.918. The molecule has 0 saturated carbocycles. The smallest absolute Gasteiger partial charge is 0.267 e. The molecule has 0 unspecified atom stereocenters. The van der Waals surface area contributed by atoms with Crippen LogP contribution in [0, 0.1) is 13.8 Å². The topological polar surface area (TPSA) is 49.4 Å². The van der Waals surface area contributed by atoms with Gasteiger partial charge in [-0.15, -0.1) is 0 Å². The summed E-state index contributed by atoms with van der Waals surface area (Å²) in [6.45, 7) is 11.6. The zero-order valence-corrected chi connectivity index (χ0v) is 16.5. The van der Waals surface area contributed by atoms with E-state index < -0.39 is 5.54 Å². The number of rotatable bonds is 3. The quantitative estimate of drug-likeness (QED) is 0.830. The van der Waals surface area contributed by atoms with Gasteiger partial charge >= 0.3 is 0 Å². The number of amides is 2. The number of carbonyl (C=O) groups is 2. The van der Waals surface area contributed by atoms with Crippen molar-refractivity contribution in [3.8, 4) is 0 Å². The maximum absolute atomic E-state index is 13.1. The predicted octanol–water partition coefficient (Wildman–Crippen LogP) is 4.45. The minimum Gasteiger partial charge on any atom is -0.267 e. The van der Waals surface area contributed by atoms with E-state index >= 15 is 0 Å². The van der Waals surface area contributed by atoms with E-state index in [0.717, 1.165) is 17.5 Å². The normalized spacial score (nSPS) is 11.2. The van der Waals surface area contributed by atoms with Crippen LogP contribution in [0.4, 0.5) is 0 Å². The van der Waals surface area contributed by atoms with Gasteiger partial charge in [0.1, 0.15) is 0 Å². The first-order chi connectivity index (χ1) is 12.1. The Hall–Kier alpha value is -2.62. The molecule has 0 saturated heterocycles. The second kappa shape index (κ2) is 7.73. The fraction of sp³-hybridized carbons (Fsp3) is 0.364. The van der Waals surface area contributed by atoms with Crippen LogP contribution in [-0.2, 0) is 6.42 Å². The van der Waals surface area contributed by atoms with Gasteiger partial charge in [0, 0.05) is 11.1 Å². The third kappa shape index (κ3) is 4.51. The SMILES string of the molecule is CCc1ccc(C(=O)NN(C(=O)c2cc(C)ccc2C)C(C)(C)C)cc1. The van der Waals surface area contributed by atoms with Crippen molar-refractivity contribution in [3.63, 3.8) is 0 Å². The first kappa shape index (κ1) is 19.7. The van der Waals surface area contributed by atoms with Crippen LogP contribution >= 0.6 is 0 Å². The second-order valence-electron chi connectivity index (χ2n) is 7.62. The van der Waals surface area contributed by atoms with Crippen LogP contribution in [0.15, 0.2) is 42.5 Å². The van der Waals surface area contributed by atoms with Gasteiger partial charge in [-0.3, -0.25) is 15.0 Å². The van der Waals surface area contributed by atoms with Gasteiger partial charge in [-0.25, -0.2) is 5.01 Å². The third-order valence-corrected chi connectivity index (χ3v) is 4.34. The lowest BCUT2D eigenvalue weighted by atomic mass is 10.0. The first-order valence-corrected chi connectivity index (χ1v) is 8.95. The minimum atomic E-state index is -0.563. The molecule has 0 atom stereocenters. The Morgan fingerprint density at radius 2 is 1.62 bits per heavy atom. The van der Waals surface area contributed by atoms with E-state index in [0.29, 0.717) is 11.1 Å². The van der Waals surface area contributed by atoms with E-state index in [1.165, 1.54) is 10.6 Å². The maximum atomic E-state index is 13.1. The van der Waals surface area contributed by atoms with E-state index in [1.54, 1.807) is 12.1 Å². The first-order valence-electron chi connectivity index (χ1n) is 8.95. The van der Waals surface area contributed by atoms with Crippen molar-refractivity contribution in [2.45, 2.75) is 53.5 Å². The predicted molar refractivity (Wildman–Crippen MR) is 105 cm³/mol. The highest BCUT2D eigenvalue weighted by atomic mass is 16.2. The summed E-state index contributed by atoms with van der Waals surface area (Å²) in [5.41, 5.74) is 6.43. The molecule has 0 aliphatic carbocycles. The fourth-order valence-corrected chi connectivity index (χ4v) is 2.67. The van der Waals surface area contributed by atoms with Gasteiger partial charge in [-0.05, 0) is 70.4 Å². The van der Waals surface area contributed by atoms with Gasteiger partial charge in [0.25, 0.3) is 11.8 Å². The van der Waals surface area contributed by atoms with Crippen LogP contribution in [0.2, 0.25) is 0 Å². The number of benzene rings is 2. The Morgan fingerprint density at radius 3 is 2.15 bits per heavy atom. The van der Waals surface area contributed by atoms with E-state index in [2.05, 4.69) is 12.3 Å². The molecule has 138 valence electrons. The maximum Gasteiger partial charge on any atom is 0.273 e. The number of nitrogens with zero attached hydrogens (tertiary/aromatic N) is 1. The van der Waals surface area contributed by atoms with E-state index in [-0.39, 0.29) is 11.8 Å². The van der Waals surface area contributed by atoms with Gasteiger partial charge < -0.3 is 0 Å². The lowest BCUT2D eigenvalue weighted by Crippen LogP contribution is -2.56. The number of aryl methyl sites for hydroxylation is 3. The summed E-state index contributed by atoms with van der Waals surface area (Å²) < 4.78 is 0. The van der Waals surface area contributed by atoms with E-state index in [4.69, 9.17) is 0 Å². The molecule has 0 bridgehead atoms. The molecule has 0 radical (unpaired) electrons. The van der Waals surface area contributed by atoms with Gasteiger partial charge in [0.15, 0.2) is 0 Å². The molecule has 0 aromatic heterocycles. The standard InChI is InChI=1S/C22H28N2O2/c1-7-17-10-12-18(13-11-17)20(25)23-24(22(4,5)6)21(26)19-14-15(2)8-9-16(19)3/h8-14H,7H2,1-6H3,(H,23,25). The van der Waals surface area contributed by atoms with Crippen LogP contribution in [0.25, 0.3) is 0 Å². The van der Waals surface area contributed by atoms with Crippen molar-refractivity contribution in [1.82, 2.24) is 10.4 Å². The van der Waals surface area contributed by atoms with Crippen molar-refractivity contribution in [3.05, 3.63) is 70.3 Å². The minimum absolute atomic E-state index is 0.211. The average molecular weight is 352 g/mol. The van der Waals surface area contributed by atoms with Gasteiger partial charge in [-0.2, -0.15) is 0 Å². The van der Waals surface area contributed by atoms with E-state index in [9.17, 15) is 9.59 Å². The number of carbonyl (C=O) groups excluding carboxylic acids is 2. The second-order valence-corrected chi connectivity index (χ2v) is 7.62. The molecular formula is C22H28N2O2. The number of hydrazine groups is 1. The highest BCUT2D eigenvalue weighted by Crippen LogP contribution is 2.19. The number of hydrogen-bond donors (Lipinski definition) is 1. The summed E-state index contributed by atoms with van der Waals surface area (Å²) in [6, 6.07) is 13.2. The average Bonchev–Trinajstić information content (AvgIpc) is 2.60. The Kier molecular flexibility index (Phi) is 5.86. The molecular weight excluding hydrogens is 324 g/mol. The molecule has 0 spiro atoms. The molecule has 0 aliphatic heterocycles. The van der Waals surface area contributed by atoms with Crippen molar-refractivity contribution >= 4 is 11.8 Å². The highest BCUT2D eigenvalue weighted by molar-refractivity contribution is 6.00. The van der Waals surface area contributed by atoms with Crippen molar-refractivity contribution in [2.75, 3.05) is 0 Å². The zero-order valence-electron chi connectivity index (χ0n) is 16.5. The van der Waals surface area contributed by atoms with Crippen LogP contribution in [0.5, 0.6) is 0 Å². The molecule has 2 aromatic carbocycles. The Morgan fingerprint density at radius 1 is 1.00 bits per heavy atom. The number of nitrogens with one attached hydrogen (secondary N) is 1. The summed E-state index contributed by atoms with van der Waals surface area (Å²) >= 11 is 0. The third-order valence-electron chi connectivity index (χ3n) is 4.34. The summed E-state index contributed by atoms with van der Waals surface area (Å²) in [7, 11) is 0. The van der Waals surface area contributed by atoms with Crippen molar-refractivity contribution < 1.29 is 9.59 Å². The molecule has 0 aliphatic rings. The van der Waals surface area contributed by atoms with Gasteiger partial charge in [0.05, 0.1) is 5.54 Å². The molecule has 4 heteroatoms. The van der Waals surface area contributed by atoms with Crippen molar-refractivity contribution in [2.24, 2.45) is 0 Å². The van der Waals surface area contributed by atoms with Crippen molar-refractivity contribution in [1.29, 1.82) is 0 Å². The molecule has 2 amide bonds. The summed E-state index contributed by atoms with van der Waals surface area (Å²) in [5.74, 6) is -0.501. The Bertz CT molecular complexity index is 802. The van der Waals surface area contributed by atoms with Crippen LogP contribution in [0.3, 0.4) is 0 Å². The van der Waals surface area contributed by atoms with Crippen LogP contribution in [-0.4, -0.2) is 22.4 Å². The Labute approximate surface area is 156 Å². The molecule has 26 heavy (non-hydrogen) atoms. The molecule has 0 heterocycles. The van der Waals surface area contributed by atoms with Crippen LogP contribution < -0.4 is 5.43 Å². The molecule has 4 nitrogen and oxygen atoms in total.